The third kappa shape index (κ3) is 3.62. The highest BCUT2D eigenvalue weighted by atomic mass is 19.1. The highest BCUT2D eigenvalue weighted by molar-refractivity contribution is 5.77. The van der Waals surface area contributed by atoms with E-state index in [0.717, 1.165) is 11.3 Å². The van der Waals surface area contributed by atoms with E-state index in [4.69, 9.17) is 4.74 Å². The van der Waals surface area contributed by atoms with Crippen molar-refractivity contribution in [3.8, 4) is 5.75 Å². The van der Waals surface area contributed by atoms with Gasteiger partial charge in [0.2, 0.25) is 0 Å². The van der Waals surface area contributed by atoms with Crippen LogP contribution in [0.4, 0.5) is 9.18 Å². The molecule has 2 amide bonds. The first-order valence-electron chi connectivity index (χ1n) is 7.57. The summed E-state index contributed by atoms with van der Waals surface area (Å²) in [5.41, 5.74) is 1.66. The SMILES string of the molecule is COc1ccc(CN2CC(Cc3ccccc3F)NC2=O)cc1. The van der Waals surface area contributed by atoms with E-state index in [9.17, 15) is 9.18 Å². The summed E-state index contributed by atoms with van der Waals surface area (Å²) in [4.78, 5) is 13.8. The molecule has 0 radical (unpaired) electrons. The fourth-order valence-corrected chi connectivity index (χ4v) is 2.79. The second-order valence-electron chi connectivity index (χ2n) is 5.67. The summed E-state index contributed by atoms with van der Waals surface area (Å²) in [5.74, 6) is 0.562. The second-order valence-corrected chi connectivity index (χ2v) is 5.67. The van der Waals surface area contributed by atoms with Gasteiger partial charge in [-0.3, -0.25) is 0 Å². The van der Waals surface area contributed by atoms with Gasteiger partial charge in [0.1, 0.15) is 11.6 Å². The normalized spacial score (nSPS) is 17.2. The van der Waals surface area contributed by atoms with Gasteiger partial charge in [0.25, 0.3) is 0 Å². The highest BCUT2D eigenvalue weighted by Gasteiger charge is 2.29. The van der Waals surface area contributed by atoms with Crippen LogP contribution in [0.25, 0.3) is 0 Å². The largest absolute Gasteiger partial charge is 0.497 e. The van der Waals surface area contributed by atoms with Gasteiger partial charge in [-0.05, 0) is 35.7 Å². The van der Waals surface area contributed by atoms with Crippen molar-refractivity contribution in [2.24, 2.45) is 0 Å². The first kappa shape index (κ1) is 15.3. The van der Waals surface area contributed by atoms with Crippen molar-refractivity contribution < 1.29 is 13.9 Å². The minimum Gasteiger partial charge on any atom is -0.497 e. The molecule has 1 N–H and O–H groups in total. The van der Waals surface area contributed by atoms with Crippen LogP contribution in [0.5, 0.6) is 5.75 Å². The molecule has 1 aliphatic rings. The molecule has 0 spiro atoms. The van der Waals surface area contributed by atoms with Gasteiger partial charge in [-0.25, -0.2) is 9.18 Å². The van der Waals surface area contributed by atoms with Gasteiger partial charge in [0.05, 0.1) is 13.2 Å². The van der Waals surface area contributed by atoms with Crippen molar-refractivity contribution in [3.05, 3.63) is 65.5 Å². The van der Waals surface area contributed by atoms with Gasteiger partial charge in [-0.15, -0.1) is 0 Å². The Morgan fingerprint density at radius 3 is 2.65 bits per heavy atom. The van der Waals surface area contributed by atoms with E-state index < -0.39 is 0 Å². The first-order chi connectivity index (χ1) is 11.2. The predicted octanol–water partition coefficient (Wildman–Crippen LogP) is 2.97. The summed E-state index contributed by atoms with van der Waals surface area (Å²) in [6.07, 6.45) is 0.498. The Balaban J connectivity index is 1.62. The smallest absolute Gasteiger partial charge is 0.318 e. The molecule has 0 aromatic heterocycles. The molecule has 1 atom stereocenters. The molecule has 2 aromatic carbocycles. The molecule has 1 fully saturated rings. The average Bonchev–Trinajstić information content (AvgIpc) is 2.90. The number of hydrogen-bond donors (Lipinski definition) is 1. The third-order valence-electron chi connectivity index (χ3n) is 4.01. The number of amides is 2. The molecule has 1 heterocycles. The van der Waals surface area contributed by atoms with Crippen LogP contribution in [-0.2, 0) is 13.0 Å². The molecule has 120 valence electrons. The number of hydrogen-bond acceptors (Lipinski definition) is 2. The lowest BCUT2D eigenvalue weighted by molar-refractivity contribution is 0.215. The number of nitrogens with zero attached hydrogens (tertiary/aromatic N) is 1. The number of ether oxygens (including phenoxy) is 1. The van der Waals surface area contributed by atoms with Crippen LogP contribution in [0.2, 0.25) is 0 Å². The summed E-state index contributed by atoms with van der Waals surface area (Å²) in [7, 11) is 1.62. The molecule has 0 saturated carbocycles. The first-order valence-corrected chi connectivity index (χ1v) is 7.57. The number of carbonyl (C=O) groups excluding carboxylic acids is 1. The lowest BCUT2D eigenvalue weighted by atomic mass is 10.1. The fraction of sp³-hybridized carbons (Fsp3) is 0.278. The van der Waals surface area contributed by atoms with E-state index in [0.29, 0.717) is 25.1 Å². The van der Waals surface area contributed by atoms with Crippen LogP contribution in [0.3, 0.4) is 0 Å². The summed E-state index contributed by atoms with van der Waals surface area (Å²) in [6.45, 7) is 1.10. The Kier molecular flexibility index (Phi) is 4.46. The lowest BCUT2D eigenvalue weighted by Crippen LogP contribution is -2.29. The number of nitrogens with one attached hydrogen (secondary N) is 1. The van der Waals surface area contributed by atoms with Crippen LogP contribution in [0.15, 0.2) is 48.5 Å². The molecule has 1 saturated heterocycles. The van der Waals surface area contributed by atoms with Crippen LogP contribution < -0.4 is 10.1 Å². The number of benzene rings is 2. The molecule has 3 rings (SSSR count). The molecule has 0 aliphatic carbocycles. The van der Waals surface area contributed by atoms with E-state index >= 15 is 0 Å². The third-order valence-corrected chi connectivity index (χ3v) is 4.01. The van der Waals surface area contributed by atoms with Crippen LogP contribution >= 0.6 is 0 Å². The number of urea groups is 1. The van der Waals surface area contributed by atoms with E-state index in [1.807, 2.05) is 30.3 Å². The molecule has 4 nitrogen and oxygen atoms in total. The standard InChI is InChI=1S/C18H19FN2O2/c1-23-16-8-6-13(7-9-16)11-21-12-15(20-18(21)22)10-14-4-2-3-5-17(14)19/h2-9,15H,10-12H2,1H3,(H,20,22). The quantitative estimate of drug-likeness (QED) is 0.922. The Hall–Kier alpha value is -2.56. The maximum atomic E-state index is 13.7. The van der Waals surface area contributed by atoms with Gasteiger partial charge in [-0.2, -0.15) is 0 Å². The van der Waals surface area contributed by atoms with Gasteiger partial charge in [0, 0.05) is 13.1 Å². The predicted molar refractivity (Wildman–Crippen MR) is 85.8 cm³/mol. The zero-order valence-electron chi connectivity index (χ0n) is 13.0. The van der Waals surface area contributed by atoms with Crippen molar-refractivity contribution in [2.75, 3.05) is 13.7 Å². The van der Waals surface area contributed by atoms with E-state index in [2.05, 4.69) is 5.32 Å². The number of methoxy groups -OCH3 is 1. The van der Waals surface area contributed by atoms with Gasteiger partial charge in [-0.1, -0.05) is 30.3 Å². The molecular formula is C18H19FN2O2. The molecule has 23 heavy (non-hydrogen) atoms. The molecule has 5 heteroatoms. The summed E-state index contributed by atoms with van der Waals surface area (Å²) >= 11 is 0. The Morgan fingerprint density at radius 2 is 1.96 bits per heavy atom. The fourth-order valence-electron chi connectivity index (χ4n) is 2.79. The monoisotopic (exact) mass is 314 g/mol. The van der Waals surface area contributed by atoms with Gasteiger partial charge < -0.3 is 15.0 Å². The maximum Gasteiger partial charge on any atom is 0.318 e. The minimum absolute atomic E-state index is 0.0716. The summed E-state index contributed by atoms with van der Waals surface area (Å²) in [5, 5.41) is 2.92. The number of halogens is 1. The second kappa shape index (κ2) is 6.69. The van der Waals surface area contributed by atoms with Crippen molar-refractivity contribution in [3.63, 3.8) is 0 Å². The Bertz CT molecular complexity index is 688. The molecule has 0 bridgehead atoms. The summed E-state index contributed by atoms with van der Waals surface area (Å²) < 4.78 is 18.8. The van der Waals surface area contributed by atoms with Gasteiger partial charge >= 0.3 is 6.03 Å². The maximum absolute atomic E-state index is 13.7. The van der Waals surface area contributed by atoms with E-state index in [1.54, 1.807) is 24.1 Å². The van der Waals surface area contributed by atoms with Crippen LogP contribution in [-0.4, -0.2) is 30.6 Å². The zero-order valence-corrected chi connectivity index (χ0v) is 13.0. The molecular weight excluding hydrogens is 295 g/mol. The summed E-state index contributed by atoms with van der Waals surface area (Å²) in [6, 6.07) is 14.1. The van der Waals surface area contributed by atoms with E-state index in [-0.39, 0.29) is 17.9 Å². The van der Waals surface area contributed by atoms with Crippen LogP contribution in [0.1, 0.15) is 11.1 Å². The molecule has 1 unspecified atom stereocenters. The topological polar surface area (TPSA) is 41.6 Å². The van der Waals surface area contributed by atoms with Crippen molar-refractivity contribution >= 4 is 6.03 Å². The zero-order chi connectivity index (χ0) is 16.2. The Morgan fingerprint density at radius 1 is 1.22 bits per heavy atom. The number of rotatable bonds is 5. The average molecular weight is 314 g/mol. The Labute approximate surface area is 134 Å². The highest BCUT2D eigenvalue weighted by Crippen LogP contribution is 2.17. The van der Waals surface area contributed by atoms with Crippen molar-refractivity contribution in [1.82, 2.24) is 10.2 Å². The lowest BCUT2D eigenvalue weighted by Gasteiger charge is -2.15. The minimum atomic E-state index is -0.227. The molecule has 1 aliphatic heterocycles. The van der Waals surface area contributed by atoms with Crippen LogP contribution in [0, 0.1) is 5.82 Å². The molecule has 2 aromatic rings. The van der Waals surface area contributed by atoms with Gasteiger partial charge in [0.15, 0.2) is 0 Å². The van der Waals surface area contributed by atoms with Crippen molar-refractivity contribution in [1.29, 1.82) is 0 Å². The number of carbonyl (C=O) groups is 1. The van der Waals surface area contributed by atoms with Crippen molar-refractivity contribution in [2.45, 2.75) is 19.0 Å². The van der Waals surface area contributed by atoms with E-state index in [1.165, 1.54) is 6.07 Å².